The Balaban J connectivity index is 1.66. The van der Waals surface area contributed by atoms with Gasteiger partial charge in [-0.3, -0.25) is 9.59 Å². The van der Waals surface area contributed by atoms with Crippen molar-refractivity contribution in [3.63, 3.8) is 0 Å². The molecule has 2 aliphatic carbocycles. The molecular weight excluding hydrogens is 438 g/mol. The van der Waals surface area contributed by atoms with Crippen LogP contribution in [-0.4, -0.2) is 30.1 Å². The summed E-state index contributed by atoms with van der Waals surface area (Å²) < 4.78 is 4.95. The van der Waals surface area contributed by atoms with Crippen molar-refractivity contribution in [3.8, 4) is 0 Å². The van der Waals surface area contributed by atoms with Crippen LogP contribution in [0.5, 0.6) is 0 Å². The van der Waals surface area contributed by atoms with E-state index in [9.17, 15) is 19.5 Å². The van der Waals surface area contributed by atoms with Crippen LogP contribution in [0.15, 0.2) is 47.5 Å². The SMILES string of the molecule is COC(=O)c1cc([C@H](C)c2ccccc2)sc1NC(=O)[C@@H]1[C@H](C(=O)O)[C@H]2CC[C@H]1C2=C(C)C. The molecule has 2 fully saturated rings. The van der Waals surface area contributed by atoms with Crippen molar-refractivity contribution < 1.29 is 24.2 Å². The van der Waals surface area contributed by atoms with Crippen LogP contribution in [-0.2, 0) is 14.3 Å². The lowest BCUT2D eigenvalue weighted by Gasteiger charge is -2.26. The number of hydrogen-bond acceptors (Lipinski definition) is 5. The fraction of sp³-hybridized carbons (Fsp3) is 0.423. The number of fused-ring (bicyclic) bond motifs is 2. The summed E-state index contributed by atoms with van der Waals surface area (Å²) >= 11 is 1.34. The van der Waals surface area contributed by atoms with E-state index in [0.717, 1.165) is 34.4 Å². The van der Waals surface area contributed by atoms with Crippen molar-refractivity contribution in [1.82, 2.24) is 0 Å². The molecule has 7 heteroatoms. The van der Waals surface area contributed by atoms with Crippen molar-refractivity contribution in [1.29, 1.82) is 0 Å². The summed E-state index contributed by atoms with van der Waals surface area (Å²) in [7, 11) is 1.31. The van der Waals surface area contributed by atoms with Gasteiger partial charge < -0.3 is 15.2 Å². The number of carbonyl (C=O) groups is 3. The average Bonchev–Trinajstić information content (AvgIpc) is 3.50. The molecule has 0 aliphatic heterocycles. The third-order valence-electron chi connectivity index (χ3n) is 7.13. The number of anilines is 1. The fourth-order valence-corrected chi connectivity index (χ4v) is 6.81. The third-order valence-corrected chi connectivity index (χ3v) is 8.36. The lowest BCUT2D eigenvalue weighted by Crippen LogP contribution is -2.37. The van der Waals surface area contributed by atoms with Gasteiger partial charge in [0.25, 0.3) is 0 Å². The predicted octanol–water partition coefficient (Wildman–Crippen LogP) is 5.32. The molecule has 2 N–H and O–H groups in total. The first-order valence-corrected chi connectivity index (χ1v) is 12.0. The smallest absolute Gasteiger partial charge is 0.340 e. The Morgan fingerprint density at radius 2 is 1.73 bits per heavy atom. The number of benzene rings is 1. The number of aliphatic carboxylic acids is 1. The van der Waals surface area contributed by atoms with Gasteiger partial charge in [-0.05, 0) is 50.2 Å². The molecule has 6 nitrogen and oxygen atoms in total. The van der Waals surface area contributed by atoms with E-state index in [2.05, 4.69) is 5.32 Å². The van der Waals surface area contributed by atoms with E-state index in [1.165, 1.54) is 18.4 Å². The molecule has 1 aromatic carbocycles. The highest BCUT2D eigenvalue weighted by molar-refractivity contribution is 7.16. The standard InChI is InChI=1S/C26H29NO5S/c1-13(2)20-16-10-11-17(20)22(25(29)30)21(16)23(28)27-24-18(26(31)32-4)12-19(33-24)14(3)15-8-6-5-7-9-15/h5-9,12,14,16-17,21-22H,10-11H2,1-4H3,(H,27,28)(H,29,30)/t14-,16+,17+,21+,22-/m1/s1. The Morgan fingerprint density at radius 3 is 2.30 bits per heavy atom. The Labute approximate surface area is 197 Å². The first kappa shape index (κ1) is 23.2. The summed E-state index contributed by atoms with van der Waals surface area (Å²) in [6.45, 7) is 6.03. The molecular formula is C26H29NO5S. The molecule has 2 aromatic rings. The van der Waals surface area contributed by atoms with E-state index in [-0.39, 0.29) is 23.7 Å². The topological polar surface area (TPSA) is 92.7 Å². The van der Waals surface area contributed by atoms with Crippen LogP contribution < -0.4 is 5.32 Å². The zero-order valence-corrected chi connectivity index (χ0v) is 20.1. The maximum Gasteiger partial charge on any atom is 0.340 e. The predicted molar refractivity (Wildman–Crippen MR) is 127 cm³/mol. The molecule has 33 heavy (non-hydrogen) atoms. The number of allylic oxidation sites excluding steroid dienone is 2. The minimum atomic E-state index is -0.932. The van der Waals surface area contributed by atoms with Crippen molar-refractivity contribution in [2.75, 3.05) is 12.4 Å². The maximum atomic E-state index is 13.5. The number of ether oxygens (including phenoxy) is 1. The van der Waals surface area contributed by atoms with Crippen LogP contribution in [0.4, 0.5) is 5.00 Å². The minimum absolute atomic E-state index is 0.0248. The van der Waals surface area contributed by atoms with E-state index in [1.54, 1.807) is 6.07 Å². The number of esters is 1. The summed E-state index contributed by atoms with van der Waals surface area (Å²) in [5, 5.41) is 13.3. The number of rotatable bonds is 6. The summed E-state index contributed by atoms with van der Waals surface area (Å²) in [6, 6.07) is 11.7. The largest absolute Gasteiger partial charge is 0.481 e. The van der Waals surface area contributed by atoms with Gasteiger partial charge in [0.15, 0.2) is 0 Å². The van der Waals surface area contributed by atoms with Crippen LogP contribution in [0.2, 0.25) is 0 Å². The highest BCUT2D eigenvalue weighted by Gasteiger charge is 2.57. The van der Waals surface area contributed by atoms with Gasteiger partial charge in [-0.2, -0.15) is 0 Å². The Kier molecular flexibility index (Phi) is 6.43. The maximum absolute atomic E-state index is 13.5. The quantitative estimate of drug-likeness (QED) is 0.443. The Bertz CT molecular complexity index is 1110. The summed E-state index contributed by atoms with van der Waals surface area (Å²) in [6.07, 6.45) is 1.62. The molecule has 2 aliphatic rings. The van der Waals surface area contributed by atoms with Gasteiger partial charge in [0, 0.05) is 10.8 Å². The van der Waals surface area contributed by atoms with E-state index in [1.807, 2.05) is 51.1 Å². The summed E-state index contributed by atoms with van der Waals surface area (Å²) in [5.74, 6) is -3.31. The zero-order chi connectivity index (χ0) is 23.9. The lowest BCUT2D eigenvalue weighted by molar-refractivity contribution is -0.148. The van der Waals surface area contributed by atoms with Gasteiger partial charge >= 0.3 is 11.9 Å². The molecule has 174 valence electrons. The van der Waals surface area contributed by atoms with Crippen LogP contribution >= 0.6 is 11.3 Å². The second-order valence-corrected chi connectivity index (χ2v) is 10.2. The van der Waals surface area contributed by atoms with E-state index < -0.39 is 23.8 Å². The first-order valence-electron chi connectivity index (χ1n) is 11.2. The molecule has 1 amide bonds. The third kappa shape index (κ3) is 4.10. The Morgan fingerprint density at radius 1 is 1.09 bits per heavy atom. The molecule has 2 saturated carbocycles. The second kappa shape index (κ2) is 9.14. The number of carbonyl (C=O) groups excluding carboxylic acids is 2. The molecule has 0 radical (unpaired) electrons. The van der Waals surface area contributed by atoms with Crippen LogP contribution in [0, 0.1) is 23.7 Å². The lowest BCUT2D eigenvalue weighted by atomic mass is 9.79. The number of hydrogen-bond donors (Lipinski definition) is 2. The van der Waals surface area contributed by atoms with Crippen molar-refractivity contribution in [3.05, 3.63) is 63.5 Å². The van der Waals surface area contributed by atoms with Crippen LogP contribution in [0.3, 0.4) is 0 Å². The molecule has 0 saturated heterocycles. The number of nitrogens with one attached hydrogen (secondary N) is 1. The fourth-order valence-electron chi connectivity index (χ4n) is 5.68. The molecule has 5 atom stereocenters. The van der Waals surface area contributed by atoms with E-state index in [0.29, 0.717) is 10.6 Å². The minimum Gasteiger partial charge on any atom is -0.481 e. The molecule has 1 heterocycles. The number of thiophene rings is 1. The molecule has 2 bridgehead atoms. The van der Waals surface area contributed by atoms with Gasteiger partial charge in [-0.15, -0.1) is 11.3 Å². The molecule has 0 spiro atoms. The molecule has 0 unspecified atom stereocenters. The zero-order valence-electron chi connectivity index (χ0n) is 19.3. The molecule has 1 aromatic heterocycles. The monoisotopic (exact) mass is 467 g/mol. The molecule has 4 rings (SSSR count). The van der Waals surface area contributed by atoms with E-state index >= 15 is 0 Å². The number of carboxylic acids is 1. The number of amides is 1. The highest BCUT2D eigenvalue weighted by atomic mass is 32.1. The Hall–Kier alpha value is -2.93. The van der Waals surface area contributed by atoms with Gasteiger partial charge in [0.05, 0.1) is 24.5 Å². The number of carboxylic acid groups (broad SMARTS) is 1. The van der Waals surface area contributed by atoms with Crippen molar-refractivity contribution in [2.24, 2.45) is 23.7 Å². The summed E-state index contributed by atoms with van der Waals surface area (Å²) in [5.41, 5.74) is 3.63. The second-order valence-electron chi connectivity index (χ2n) is 9.14. The van der Waals surface area contributed by atoms with Gasteiger partial charge in [-0.25, -0.2) is 4.79 Å². The van der Waals surface area contributed by atoms with E-state index in [4.69, 9.17) is 4.74 Å². The highest BCUT2D eigenvalue weighted by Crippen LogP contribution is 2.57. The van der Waals surface area contributed by atoms with Gasteiger partial charge in [0.1, 0.15) is 5.00 Å². The van der Waals surface area contributed by atoms with Crippen molar-refractivity contribution >= 4 is 34.2 Å². The van der Waals surface area contributed by atoms with Crippen LogP contribution in [0.25, 0.3) is 0 Å². The summed E-state index contributed by atoms with van der Waals surface area (Å²) in [4.78, 5) is 39.0. The first-order chi connectivity index (χ1) is 15.7. The average molecular weight is 468 g/mol. The van der Waals surface area contributed by atoms with Gasteiger partial charge in [0.2, 0.25) is 5.91 Å². The van der Waals surface area contributed by atoms with Crippen molar-refractivity contribution in [2.45, 2.75) is 39.5 Å². The van der Waals surface area contributed by atoms with Gasteiger partial charge in [-0.1, -0.05) is 48.4 Å². The number of methoxy groups -OCH3 is 1. The van der Waals surface area contributed by atoms with Crippen LogP contribution in [0.1, 0.15) is 60.3 Å². The normalized spacial score (nSPS) is 24.4.